The molecule has 0 aromatic heterocycles. The van der Waals surface area contributed by atoms with E-state index < -0.39 is 0 Å². The minimum absolute atomic E-state index is 0.111. The van der Waals surface area contributed by atoms with Gasteiger partial charge in [0.25, 0.3) is 0 Å². The molecule has 4 nitrogen and oxygen atoms in total. The highest BCUT2D eigenvalue weighted by molar-refractivity contribution is 6.31. The molecule has 0 aliphatic carbocycles. The van der Waals surface area contributed by atoms with Gasteiger partial charge in [-0.3, -0.25) is 9.59 Å². The molecule has 0 N–H and O–H groups in total. The molecule has 0 aliphatic rings. The van der Waals surface area contributed by atoms with E-state index in [1.807, 2.05) is 36.4 Å². The first-order chi connectivity index (χ1) is 18.0. The maximum atomic E-state index is 12.8. The van der Waals surface area contributed by atoms with Crippen LogP contribution in [0.5, 0.6) is 0 Å². The second-order valence-electron chi connectivity index (χ2n) is 11.4. The minimum atomic E-state index is 0.111. The number of Topliss-reactive ketones (excluding diaryl/α,β-unsaturated/α-hetero) is 2. The first kappa shape index (κ1) is 30.0. The minimum Gasteiger partial charge on any atom is -0.325 e. The van der Waals surface area contributed by atoms with E-state index in [-0.39, 0.29) is 11.6 Å². The van der Waals surface area contributed by atoms with Gasteiger partial charge in [-0.25, -0.2) is 0 Å². The Morgan fingerprint density at radius 1 is 0.579 bits per heavy atom. The van der Waals surface area contributed by atoms with E-state index in [1.54, 1.807) is 24.3 Å². The van der Waals surface area contributed by atoms with Gasteiger partial charge in [0, 0.05) is 58.0 Å². The number of quaternary nitrogens is 2. The lowest BCUT2D eigenvalue weighted by Gasteiger charge is -2.30. The predicted molar refractivity (Wildman–Crippen MR) is 158 cm³/mol. The monoisotopic (exact) mass is 554 g/mol. The topological polar surface area (TPSA) is 34.1 Å². The Morgan fingerprint density at radius 2 is 0.921 bits per heavy atom. The van der Waals surface area contributed by atoms with Gasteiger partial charge in [-0.15, -0.1) is 0 Å². The molecule has 3 aromatic rings. The van der Waals surface area contributed by atoms with Gasteiger partial charge in [-0.05, 0) is 12.1 Å². The molecule has 3 aromatic carbocycles. The predicted octanol–water partition coefficient (Wildman–Crippen LogP) is 7.47. The Kier molecular flexibility index (Phi) is 10.7. The van der Waals surface area contributed by atoms with Crippen LogP contribution >= 0.6 is 23.2 Å². The SMILES string of the molecule is C[N+](C)(CCCC(=O)c1ccc(C(=O)CCC[N+](C)(C)Cc2ccccc2Cl)cc1)Cc1ccccc1Cl. The summed E-state index contributed by atoms with van der Waals surface area (Å²) in [4.78, 5) is 25.5. The van der Waals surface area contributed by atoms with Crippen molar-refractivity contribution in [2.24, 2.45) is 0 Å². The van der Waals surface area contributed by atoms with Crippen molar-refractivity contribution in [2.45, 2.75) is 38.8 Å². The second kappa shape index (κ2) is 13.5. The maximum Gasteiger partial charge on any atom is 0.163 e. The zero-order valence-electron chi connectivity index (χ0n) is 23.1. The van der Waals surface area contributed by atoms with E-state index in [9.17, 15) is 9.59 Å². The van der Waals surface area contributed by atoms with Crippen molar-refractivity contribution in [2.75, 3.05) is 41.3 Å². The highest BCUT2D eigenvalue weighted by Gasteiger charge is 2.20. The van der Waals surface area contributed by atoms with Crippen LogP contribution in [0.25, 0.3) is 0 Å². The lowest BCUT2D eigenvalue weighted by molar-refractivity contribution is -0.903. The molecule has 0 heterocycles. The van der Waals surface area contributed by atoms with Crippen LogP contribution in [-0.2, 0) is 13.1 Å². The summed E-state index contributed by atoms with van der Waals surface area (Å²) in [5.74, 6) is 0.223. The molecule has 0 saturated carbocycles. The first-order valence-electron chi connectivity index (χ1n) is 13.2. The summed E-state index contributed by atoms with van der Waals surface area (Å²) in [5, 5.41) is 1.56. The van der Waals surface area contributed by atoms with Crippen molar-refractivity contribution >= 4 is 34.8 Å². The Hall–Kier alpha value is -2.50. The fraction of sp³-hybridized carbons (Fsp3) is 0.375. The van der Waals surface area contributed by atoms with Gasteiger partial charge in [0.2, 0.25) is 0 Å². The lowest BCUT2D eigenvalue weighted by atomic mass is 10.0. The highest BCUT2D eigenvalue weighted by Crippen LogP contribution is 2.21. The third-order valence-electron chi connectivity index (χ3n) is 6.98. The zero-order chi connectivity index (χ0) is 27.8. The van der Waals surface area contributed by atoms with E-state index >= 15 is 0 Å². The zero-order valence-corrected chi connectivity index (χ0v) is 24.6. The number of nitrogens with zero attached hydrogens (tertiary/aromatic N) is 2. The van der Waals surface area contributed by atoms with Crippen LogP contribution < -0.4 is 0 Å². The molecule has 0 saturated heterocycles. The van der Waals surface area contributed by atoms with E-state index in [0.717, 1.165) is 69.2 Å². The fourth-order valence-corrected chi connectivity index (χ4v) is 5.19. The van der Waals surface area contributed by atoms with Crippen LogP contribution in [0.2, 0.25) is 10.0 Å². The summed E-state index contributed by atoms with van der Waals surface area (Å²) in [6, 6.07) is 23.0. The van der Waals surface area contributed by atoms with E-state index in [2.05, 4.69) is 40.3 Å². The summed E-state index contributed by atoms with van der Waals surface area (Å²) in [7, 11) is 8.63. The largest absolute Gasteiger partial charge is 0.325 e. The molecule has 0 radical (unpaired) electrons. The van der Waals surface area contributed by atoms with Crippen molar-refractivity contribution < 1.29 is 18.6 Å². The standard InChI is InChI=1S/C32H40Cl2N2O2/c1-35(2,23-27-11-5-7-13-29(27)33)21-9-15-31(37)25-17-19-26(20-18-25)32(38)16-10-22-36(3,4)24-28-12-6-8-14-30(28)34/h5-8,11-14,17-20H,9-10,15-16,21-24H2,1-4H3/q+2. The van der Waals surface area contributed by atoms with E-state index in [1.165, 1.54) is 0 Å². The molecule has 0 spiro atoms. The quantitative estimate of drug-likeness (QED) is 0.153. The number of halogens is 2. The Labute approximate surface area is 238 Å². The average Bonchev–Trinajstić information content (AvgIpc) is 2.86. The number of carbonyl (C=O) groups is 2. The maximum absolute atomic E-state index is 12.8. The second-order valence-corrected chi connectivity index (χ2v) is 12.3. The number of hydrogen-bond acceptors (Lipinski definition) is 2. The molecule has 38 heavy (non-hydrogen) atoms. The molecule has 0 fully saturated rings. The molecule has 0 aliphatic heterocycles. The first-order valence-corrected chi connectivity index (χ1v) is 14.0. The number of benzene rings is 3. The summed E-state index contributed by atoms with van der Waals surface area (Å²) >= 11 is 12.6. The molecule has 0 bridgehead atoms. The summed E-state index contributed by atoms with van der Waals surface area (Å²) in [5.41, 5.74) is 3.56. The van der Waals surface area contributed by atoms with Crippen molar-refractivity contribution in [3.8, 4) is 0 Å². The van der Waals surface area contributed by atoms with Gasteiger partial charge < -0.3 is 8.97 Å². The van der Waals surface area contributed by atoms with Crippen LogP contribution in [0.1, 0.15) is 57.5 Å². The molecule has 6 heteroatoms. The van der Waals surface area contributed by atoms with Crippen LogP contribution in [-0.4, -0.2) is 61.8 Å². The Bertz CT molecular complexity index is 1140. The third-order valence-corrected chi connectivity index (χ3v) is 7.71. The molecule has 0 unspecified atom stereocenters. The van der Waals surface area contributed by atoms with Crippen LogP contribution in [0.15, 0.2) is 72.8 Å². The third kappa shape index (κ3) is 9.36. The summed E-state index contributed by atoms with van der Waals surface area (Å²) in [6.07, 6.45) is 2.55. The number of ketones is 2. The Morgan fingerprint density at radius 3 is 1.26 bits per heavy atom. The van der Waals surface area contributed by atoms with Crippen LogP contribution in [0.3, 0.4) is 0 Å². The van der Waals surface area contributed by atoms with Gasteiger partial charge in [0.05, 0.1) is 41.3 Å². The molecular formula is C32H40Cl2N2O2+2. The van der Waals surface area contributed by atoms with Crippen LogP contribution in [0, 0.1) is 0 Å². The van der Waals surface area contributed by atoms with Gasteiger partial charge in [0.15, 0.2) is 11.6 Å². The van der Waals surface area contributed by atoms with Crippen molar-refractivity contribution in [1.82, 2.24) is 0 Å². The molecule has 3 rings (SSSR count). The normalized spacial score (nSPS) is 11.9. The van der Waals surface area contributed by atoms with Gasteiger partial charge in [-0.2, -0.15) is 0 Å². The van der Waals surface area contributed by atoms with Crippen molar-refractivity contribution in [3.05, 3.63) is 105 Å². The van der Waals surface area contributed by atoms with Gasteiger partial charge >= 0.3 is 0 Å². The molecular weight excluding hydrogens is 515 g/mol. The smallest absolute Gasteiger partial charge is 0.163 e. The molecule has 0 atom stereocenters. The lowest BCUT2D eigenvalue weighted by Crippen LogP contribution is -2.39. The van der Waals surface area contributed by atoms with E-state index in [4.69, 9.17) is 23.2 Å². The average molecular weight is 556 g/mol. The summed E-state index contributed by atoms with van der Waals surface area (Å²) in [6.45, 7) is 3.39. The number of hydrogen-bond donors (Lipinski definition) is 0. The molecule has 0 amide bonds. The summed E-state index contributed by atoms with van der Waals surface area (Å²) < 4.78 is 1.52. The molecule has 202 valence electrons. The Balaban J connectivity index is 1.43. The van der Waals surface area contributed by atoms with Gasteiger partial charge in [-0.1, -0.05) is 83.9 Å². The fourth-order valence-electron chi connectivity index (χ4n) is 4.80. The number of rotatable bonds is 14. The van der Waals surface area contributed by atoms with Crippen LogP contribution in [0.4, 0.5) is 0 Å². The number of carbonyl (C=O) groups excluding carboxylic acids is 2. The van der Waals surface area contributed by atoms with Crippen molar-refractivity contribution in [1.29, 1.82) is 0 Å². The van der Waals surface area contributed by atoms with Crippen molar-refractivity contribution in [3.63, 3.8) is 0 Å². The van der Waals surface area contributed by atoms with Gasteiger partial charge in [0.1, 0.15) is 13.1 Å². The van der Waals surface area contributed by atoms with E-state index in [0.29, 0.717) is 24.0 Å². The highest BCUT2D eigenvalue weighted by atomic mass is 35.5.